The van der Waals surface area contributed by atoms with Gasteiger partial charge in [-0.15, -0.1) is 0 Å². The molecule has 3 aromatic rings. The molecule has 7 nitrogen and oxygen atoms in total. The highest BCUT2D eigenvalue weighted by Crippen LogP contribution is 2.32. The van der Waals surface area contributed by atoms with Crippen LogP contribution in [0.4, 0.5) is 5.69 Å². The highest BCUT2D eigenvalue weighted by Gasteiger charge is 2.15. The van der Waals surface area contributed by atoms with E-state index in [0.29, 0.717) is 22.7 Å². The second-order valence-electron chi connectivity index (χ2n) is 5.51. The molecule has 0 fully saturated rings. The summed E-state index contributed by atoms with van der Waals surface area (Å²) in [6.45, 7) is 1.66. The van der Waals surface area contributed by atoms with Crippen LogP contribution >= 0.6 is 12.8 Å². The van der Waals surface area contributed by atoms with Crippen LogP contribution in [0.15, 0.2) is 67.0 Å². The number of hydrogen-bond donors (Lipinski definition) is 3. The summed E-state index contributed by atoms with van der Waals surface area (Å²) in [5.74, 6) is 0.337. The lowest BCUT2D eigenvalue weighted by atomic mass is 10.0. The van der Waals surface area contributed by atoms with Crippen molar-refractivity contribution in [3.63, 3.8) is 0 Å². The Morgan fingerprint density at radius 1 is 1.04 bits per heavy atom. The number of aliphatic carboxylic acids is 1. The lowest BCUT2D eigenvalue weighted by molar-refractivity contribution is -0.130. The molecular weight excluding hydrogens is 378 g/mol. The standard InChI is InChI=1S/C20H17N3O4S/c1-2-13(20(24)25)14-7-3-5-9-16(14)26-18-11-19(22-12-21-18)27-17-10-6-4-8-15(17)23-28/h2-12,23,28H,1H3,(H,24,25). The molecule has 0 saturated heterocycles. The van der Waals surface area contributed by atoms with E-state index in [1.807, 2.05) is 18.2 Å². The second-order valence-corrected chi connectivity index (χ2v) is 5.73. The Kier molecular flexibility index (Phi) is 6.13. The molecule has 0 atom stereocenters. The van der Waals surface area contributed by atoms with Crippen molar-refractivity contribution in [2.45, 2.75) is 6.92 Å². The van der Waals surface area contributed by atoms with E-state index in [9.17, 15) is 9.90 Å². The Balaban J connectivity index is 1.87. The number of nitrogens with zero attached hydrogens (tertiary/aromatic N) is 2. The first-order chi connectivity index (χ1) is 13.6. The molecule has 2 aromatic carbocycles. The van der Waals surface area contributed by atoms with Crippen molar-refractivity contribution in [3.05, 3.63) is 72.6 Å². The van der Waals surface area contributed by atoms with Crippen LogP contribution in [0.25, 0.3) is 5.57 Å². The molecule has 0 amide bonds. The summed E-state index contributed by atoms with van der Waals surface area (Å²) in [5, 5.41) is 9.39. The Morgan fingerprint density at radius 2 is 1.64 bits per heavy atom. The van der Waals surface area contributed by atoms with Gasteiger partial charge in [-0.25, -0.2) is 14.8 Å². The van der Waals surface area contributed by atoms with Crippen LogP contribution in [0.1, 0.15) is 12.5 Å². The van der Waals surface area contributed by atoms with Crippen LogP contribution in [0, 0.1) is 0 Å². The van der Waals surface area contributed by atoms with Crippen molar-refractivity contribution >= 4 is 30.0 Å². The maximum absolute atomic E-state index is 11.5. The first-order valence-electron chi connectivity index (χ1n) is 8.28. The number of aromatic nitrogens is 2. The van der Waals surface area contributed by atoms with Gasteiger partial charge in [-0.05, 0) is 25.1 Å². The van der Waals surface area contributed by atoms with Gasteiger partial charge in [0.25, 0.3) is 0 Å². The van der Waals surface area contributed by atoms with Crippen LogP contribution in [-0.2, 0) is 4.79 Å². The molecule has 3 rings (SSSR count). The molecule has 1 heterocycles. The minimum Gasteiger partial charge on any atom is -0.478 e. The van der Waals surface area contributed by atoms with E-state index in [-0.39, 0.29) is 17.3 Å². The highest BCUT2D eigenvalue weighted by atomic mass is 32.1. The van der Waals surface area contributed by atoms with Gasteiger partial charge in [-0.3, -0.25) is 0 Å². The Labute approximate surface area is 167 Å². The van der Waals surface area contributed by atoms with E-state index in [1.54, 1.807) is 37.3 Å². The van der Waals surface area contributed by atoms with Crippen LogP contribution in [-0.4, -0.2) is 21.0 Å². The van der Waals surface area contributed by atoms with Gasteiger partial charge in [0.05, 0.1) is 17.3 Å². The lowest BCUT2D eigenvalue weighted by Gasteiger charge is -2.12. The number of allylic oxidation sites excluding steroid dienone is 1. The molecule has 0 radical (unpaired) electrons. The average Bonchev–Trinajstić information content (AvgIpc) is 2.70. The van der Waals surface area contributed by atoms with Gasteiger partial charge in [-0.1, -0.05) is 49.2 Å². The van der Waals surface area contributed by atoms with Crippen molar-refractivity contribution in [1.29, 1.82) is 0 Å². The number of thiol groups is 1. The Morgan fingerprint density at radius 3 is 2.29 bits per heavy atom. The van der Waals surface area contributed by atoms with Gasteiger partial charge in [0.1, 0.15) is 12.1 Å². The predicted molar refractivity (Wildman–Crippen MR) is 109 cm³/mol. The summed E-state index contributed by atoms with van der Waals surface area (Å²) in [7, 11) is 0. The summed E-state index contributed by atoms with van der Waals surface area (Å²) < 4.78 is 14.3. The first-order valence-corrected chi connectivity index (χ1v) is 8.73. The lowest BCUT2D eigenvalue weighted by Crippen LogP contribution is -2.02. The minimum absolute atomic E-state index is 0.134. The van der Waals surface area contributed by atoms with Crippen molar-refractivity contribution < 1.29 is 19.4 Å². The highest BCUT2D eigenvalue weighted by molar-refractivity contribution is 7.81. The molecular formula is C20H17N3O4S. The molecule has 142 valence electrons. The summed E-state index contributed by atoms with van der Waals surface area (Å²) in [5.41, 5.74) is 1.26. The fourth-order valence-electron chi connectivity index (χ4n) is 2.48. The van der Waals surface area contributed by atoms with E-state index in [4.69, 9.17) is 9.47 Å². The molecule has 0 aliphatic rings. The van der Waals surface area contributed by atoms with Crippen molar-refractivity contribution in [2.24, 2.45) is 0 Å². The monoisotopic (exact) mass is 395 g/mol. The molecule has 0 bridgehead atoms. The zero-order chi connectivity index (χ0) is 19.9. The van der Waals surface area contributed by atoms with Gasteiger partial charge in [-0.2, -0.15) is 0 Å². The number of benzene rings is 2. The number of carboxylic acid groups (broad SMARTS) is 1. The van der Waals surface area contributed by atoms with Crippen LogP contribution in [0.3, 0.4) is 0 Å². The zero-order valence-corrected chi connectivity index (χ0v) is 15.8. The largest absolute Gasteiger partial charge is 0.478 e. The number of anilines is 1. The topological polar surface area (TPSA) is 93.6 Å². The normalized spacial score (nSPS) is 11.0. The summed E-state index contributed by atoms with van der Waals surface area (Å²) in [4.78, 5) is 19.6. The van der Waals surface area contributed by atoms with Gasteiger partial charge in [0.15, 0.2) is 5.75 Å². The van der Waals surface area contributed by atoms with E-state index in [1.165, 1.54) is 18.5 Å². The molecule has 0 spiro atoms. The molecule has 0 aliphatic carbocycles. The molecule has 1 aromatic heterocycles. The van der Waals surface area contributed by atoms with Gasteiger partial charge < -0.3 is 19.3 Å². The Bertz CT molecular complexity index is 1020. The van der Waals surface area contributed by atoms with Gasteiger partial charge >= 0.3 is 5.97 Å². The molecule has 8 heteroatoms. The van der Waals surface area contributed by atoms with E-state index < -0.39 is 5.97 Å². The molecule has 2 N–H and O–H groups in total. The van der Waals surface area contributed by atoms with Crippen LogP contribution in [0.5, 0.6) is 23.3 Å². The number of rotatable bonds is 7. The maximum Gasteiger partial charge on any atom is 0.336 e. The zero-order valence-electron chi connectivity index (χ0n) is 14.9. The first kappa shape index (κ1) is 19.2. The molecule has 0 unspecified atom stereocenters. The number of nitrogens with one attached hydrogen (secondary N) is 1. The third kappa shape index (κ3) is 4.41. The van der Waals surface area contributed by atoms with Crippen molar-refractivity contribution in [2.75, 3.05) is 4.72 Å². The van der Waals surface area contributed by atoms with E-state index in [0.717, 1.165) is 0 Å². The fourth-order valence-corrected chi connectivity index (χ4v) is 2.66. The fraction of sp³-hybridized carbons (Fsp3) is 0.0500. The quantitative estimate of drug-likeness (QED) is 0.390. The summed E-state index contributed by atoms with van der Waals surface area (Å²) in [6, 6.07) is 15.6. The maximum atomic E-state index is 11.5. The van der Waals surface area contributed by atoms with E-state index in [2.05, 4.69) is 27.5 Å². The SMILES string of the molecule is CC=C(C(=O)O)c1ccccc1Oc1cc(Oc2ccccc2NS)ncn1. The predicted octanol–water partition coefficient (Wildman–Crippen LogP) is 4.81. The van der Waals surface area contributed by atoms with Crippen LogP contribution in [0.2, 0.25) is 0 Å². The third-order valence-corrected chi connectivity index (χ3v) is 3.99. The van der Waals surface area contributed by atoms with Crippen molar-refractivity contribution in [1.82, 2.24) is 9.97 Å². The smallest absolute Gasteiger partial charge is 0.336 e. The van der Waals surface area contributed by atoms with Gasteiger partial charge in [0.2, 0.25) is 11.8 Å². The third-order valence-electron chi connectivity index (χ3n) is 3.75. The molecule has 0 aliphatic heterocycles. The summed E-state index contributed by atoms with van der Waals surface area (Å²) >= 11 is 4.05. The molecule has 28 heavy (non-hydrogen) atoms. The van der Waals surface area contributed by atoms with E-state index >= 15 is 0 Å². The summed E-state index contributed by atoms with van der Waals surface area (Å²) in [6.07, 6.45) is 2.82. The Hall–Kier alpha value is -3.52. The second kappa shape index (κ2) is 8.92. The van der Waals surface area contributed by atoms with Crippen LogP contribution < -0.4 is 14.2 Å². The average molecular weight is 395 g/mol. The number of carbonyl (C=O) groups is 1. The number of para-hydroxylation sites is 3. The number of hydrogen-bond acceptors (Lipinski definition) is 7. The minimum atomic E-state index is -1.04. The van der Waals surface area contributed by atoms with Crippen molar-refractivity contribution in [3.8, 4) is 23.3 Å². The molecule has 0 saturated carbocycles. The number of carboxylic acids is 1. The van der Waals surface area contributed by atoms with Gasteiger partial charge in [0, 0.05) is 5.56 Å². The number of ether oxygens (including phenoxy) is 2.